The van der Waals surface area contributed by atoms with Gasteiger partial charge in [-0.2, -0.15) is 0 Å². The third-order valence-corrected chi connectivity index (χ3v) is 6.33. The van der Waals surface area contributed by atoms with Gasteiger partial charge in [0.2, 0.25) is 11.8 Å². The lowest BCUT2D eigenvalue weighted by Crippen LogP contribution is -2.41. The van der Waals surface area contributed by atoms with E-state index >= 15 is 0 Å². The Bertz CT molecular complexity index is 1060. The second kappa shape index (κ2) is 10.4. The van der Waals surface area contributed by atoms with E-state index in [9.17, 15) is 19.2 Å². The number of alkyl carbamates (subject to hydrolysis) is 1. The van der Waals surface area contributed by atoms with Crippen molar-refractivity contribution in [3.05, 3.63) is 59.7 Å². The molecular formula is C25H27N3O6. The molecule has 178 valence electrons. The lowest BCUT2D eigenvalue weighted by atomic mass is 9.98. The Morgan fingerprint density at radius 1 is 0.882 bits per heavy atom. The van der Waals surface area contributed by atoms with Crippen molar-refractivity contribution in [3.63, 3.8) is 0 Å². The quantitative estimate of drug-likeness (QED) is 0.471. The summed E-state index contributed by atoms with van der Waals surface area (Å²) in [5.41, 5.74) is 4.60. The molecule has 0 heterocycles. The summed E-state index contributed by atoms with van der Waals surface area (Å²) >= 11 is 0. The molecule has 2 aliphatic rings. The highest BCUT2D eigenvalue weighted by Gasteiger charge is 2.32. The van der Waals surface area contributed by atoms with Crippen LogP contribution in [0.4, 0.5) is 4.79 Å². The van der Waals surface area contributed by atoms with Crippen LogP contribution in [0.15, 0.2) is 48.5 Å². The van der Waals surface area contributed by atoms with Gasteiger partial charge in [0.15, 0.2) is 0 Å². The second-order valence-electron chi connectivity index (χ2n) is 8.57. The molecule has 0 saturated heterocycles. The number of carbonyl (C=O) groups is 4. The zero-order chi connectivity index (χ0) is 24.1. The summed E-state index contributed by atoms with van der Waals surface area (Å²) in [7, 11) is 0. The largest absolute Gasteiger partial charge is 0.480 e. The van der Waals surface area contributed by atoms with Crippen LogP contribution < -0.4 is 16.0 Å². The van der Waals surface area contributed by atoms with E-state index in [2.05, 4.69) is 40.2 Å². The Morgan fingerprint density at radius 2 is 1.53 bits per heavy atom. The van der Waals surface area contributed by atoms with Crippen molar-refractivity contribution in [2.75, 3.05) is 19.7 Å². The fraction of sp³-hybridized carbons (Fsp3) is 0.360. The van der Waals surface area contributed by atoms with Crippen LogP contribution in [0.1, 0.15) is 36.3 Å². The molecule has 34 heavy (non-hydrogen) atoms. The number of amides is 3. The van der Waals surface area contributed by atoms with E-state index in [1.807, 2.05) is 24.3 Å². The van der Waals surface area contributed by atoms with Gasteiger partial charge in [0.25, 0.3) is 0 Å². The smallest absolute Gasteiger partial charge is 0.407 e. The summed E-state index contributed by atoms with van der Waals surface area (Å²) in [6.45, 7) is -0.556. The van der Waals surface area contributed by atoms with E-state index in [1.165, 1.54) is 0 Å². The van der Waals surface area contributed by atoms with Crippen LogP contribution in [0, 0.1) is 5.92 Å². The number of ether oxygens (including phenoxy) is 1. The molecule has 9 heteroatoms. The molecule has 2 aromatic rings. The fourth-order valence-corrected chi connectivity index (χ4v) is 4.71. The molecule has 2 aromatic carbocycles. The van der Waals surface area contributed by atoms with E-state index in [4.69, 9.17) is 9.84 Å². The molecule has 9 nitrogen and oxygen atoms in total. The van der Waals surface area contributed by atoms with Crippen LogP contribution in [-0.4, -0.2) is 54.7 Å². The summed E-state index contributed by atoms with van der Waals surface area (Å²) in [4.78, 5) is 46.8. The van der Waals surface area contributed by atoms with Gasteiger partial charge < -0.3 is 25.8 Å². The monoisotopic (exact) mass is 465 g/mol. The van der Waals surface area contributed by atoms with E-state index in [0.29, 0.717) is 19.3 Å². The van der Waals surface area contributed by atoms with Gasteiger partial charge in [0.1, 0.15) is 13.2 Å². The number of carboxylic acid groups (broad SMARTS) is 1. The van der Waals surface area contributed by atoms with Gasteiger partial charge in [-0.3, -0.25) is 14.4 Å². The Labute approximate surface area is 196 Å². The van der Waals surface area contributed by atoms with Crippen molar-refractivity contribution in [3.8, 4) is 11.1 Å². The maximum absolute atomic E-state index is 12.5. The molecule has 0 spiro atoms. The molecule has 4 N–H and O–H groups in total. The number of rotatable bonds is 8. The minimum Gasteiger partial charge on any atom is -0.480 e. The minimum atomic E-state index is -1.15. The Kier molecular flexibility index (Phi) is 7.10. The van der Waals surface area contributed by atoms with Crippen LogP contribution in [0.5, 0.6) is 0 Å². The van der Waals surface area contributed by atoms with Gasteiger partial charge in [0.05, 0.1) is 6.54 Å². The van der Waals surface area contributed by atoms with Gasteiger partial charge in [0, 0.05) is 17.9 Å². The van der Waals surface area contributed by atoms with Crippen molar-refractivity contribution in [2.45, 2.75) is 31.2 Å². The maximum Gasteiger partial charge on any atom is 0.407 e. The van der Waals surface area contributed by atoms with Gasteiger partial charge >= 0.3 is 12.1 Å². The Balaban J connectivity index is 1.23. The van der Waals surface area contributed by atoms with Gasteiger partial charge in [-0.25, -0.2) is 4.79 Å². The van der Waals surface area contributed by atoms with Crippen molar-refractivity contribution in [1.29, 1.82) is 0 Å². The lowest BCUT2D eigenvalue weighted by Gasteiger charge is -2.17. The van der Waals surface area contributed by atoms with Crippen LogP contribution in [-0.2, 0) is 19.1 Å². The number of fused-ring (bicyclic) bond motifs is 3. The summed E-state index contributed by atoms with van der Waals surface area (Å²) < 4.78 is 5.57. The number of nitrogens with one attached hydrogen (secondary N) is 3. The highest BCUT2D eigenvalue weighted by molar-refractivity contribution is 5.87. The first-order valence-corrected chi connectivity index (χ1v) is 11.3. The molecule has 0 bridgehead atoms. The lowest BCUT2D eigenvalue weighted by molar-refractivity contribution is -0.137. The second-order valence-corrected chi connectivity index (χ2v) is 8.57. The molecule has 1 fully saturated rings. The van der Waals surface area contributed by atoms with Gasteiger partial charge in [-0.15, -0.1) is 0 Å². The maximum atomic E-state index is 12.5. The van der Waals surface area contributed by atoms with E-state index < -0.39 is 24.5 Å². The number of aliphatic carboxylic acids is 1. The summed E-state index contributed by atoms with van der Waals surface area (Å²) in [5, 5.41) is 16.1. The van der Waals surface area contributed by atoms with Crippen LogP contribution >= 0.6 is 0 Å². The highest BCUT2D eigenvalue weighted by atomic mass is 16.5. The number of benzene rings is 2. The van der Waals surface area contributed by atoms with Crippen molar-refractivity contribution < 1.29 is 29.0 Å². The van der Waals surface area contributed by atoms with Crippen molar-refractivity contribution >= 4 is 23.9 Å². The zero-order valence-corrected chi connectivity index (χ0v) is 18.6. The number of hydrogen-bond donors (Lipinski definition) is 4. The van der Waals surface area contributed by atoms with Crippen LogP contribution in [0.2, 0.25) is 0 Å². The van der Waals surface area contributed by atoms with E-state index in [-0.39, 0.29) is 36.9 Å². The average Bonchev–Trinajstić information content (AvgIpc) is 3.42. The summed E-state index contributed by atoms with van der Waals surface area (Å²) in [6, 6.07) is 16.1. The summed E-state index contributed by atoms with van der Waals surface area (Å²) in [5.74, 6) is -2.36. The molecule has 0 radical (unpaired) electrons. The van der Waals surface area contributed by atoms with Crippen LogP contribution in [0.3, 0.4) is 0 Å². The third-order valence-electron chi connectivity index (χ3n) is 6.33. The topological polar surface area (TPSA) is 134 Å². The first kappa shape index (κ1) is 23.3. The molecule has 1 saturated carbocycles. The molecule has 2 unspecified atom stereocenters. The molecular weight excluding hydrogens is 438 g/mol. The molecule has 2 atom stereocenters. The molecule has 3 amide bonds. The normalized spacial score (nSPS) is 18.5. The zero-order valence-electron chi connectivity index (χ0n) is 18.6. The Morgan fingerprint density at radius 3 is 2.18 bits per heavy atom. The van der Waals surface area contributed by atoms with E-state index in [0.717, 1.165) is 22.3 Å². The minimum absolute atomic E-state index is 0.0208. The molecule has 0 aliphatic heterocycles. The van der Waals surface area contributed by atoms with E-state index in [1.54, 1.807) is 0 Å². The fourth-order valence-electron chi connectivity index (χ4n) is 4.71. The molecule has 4 rings (SSSR count). The SMILES string of the molecule is O=C(O)CNC(=O)CNC(=O)C1CCC(NC(=O)OCC2c3ccccc3-c3ccccc32)C1. The van der Waals surface area contributed by atoms with Crippen LogP contribution in [0.25, 0.3) is 11.1 Å². The first-order chi connectivity index (χ1) is 16.4. The third kappa shape index (κ3) is 5.36. The van der Waals surface area contributed by atoms with Gasteiger partial charge in [-0.05, 0) is 41.5 Å². The number of hydrogen-bond acceptors (Lipinski definition) is 5. The first-order valence-electron chi connectivity index (χ1n) is 11.3. The standard InChI is InChI=1S/C25H27N3O6/c29-22(26-13-23(30)31)12-27-24(32)15-9-10-16(11-15)28-25(33)34-14-21-19-7-3-1-5-17(19)18-6-2-4-8-20(18)21/h1-8,15-16,21H,9-14H2,(H,26,29)(H,27,32)(H,28,33)(H,30,31). The number of carboxylic acids is 1. The Hall–Kier alpha value is -3.88. The predicted molar refractivity (Wildman–Crippen MR) is 123 cm³/mol. The predicted octanol–water partition coefficient (Wildman–Crippen LogP) is 2.01. The molecule has 0 aromatic heterocycles. The number of carbonyl (C=O) groups excluding carboxylic acids is 3. The van der Waals surface area contributed by atoms with Crippen molar-refractivity contribution in [2.24, 2.45) is 5.92 Å². The molecule has 2 aliphatic carbocycles. The van der Waals surface area contributed by atoms with Gasteiger partial charge in [-0.1, -0.05) is 48.5 Å². The highest BCUT2D eigenvalue weighted by Crippen LogP contribution is 2.44. The average molecular weight is 466 g/mol. The van der Waals surface area contributed by atoms with Crippen molar-refractivity contribution in [1.82, 2.24) is 16.0 Å². The summed E-state index contributed by atoms with van der Waals surface area (Å²) in [6.07, 6.45) is 1.15.